The van der Waals surface area contributed by atoms with Crippen LogP contribution < -0.4 is 24.8 Å². The summed E-state index contributed by atoms with van der Waals surface area (Å²) < 4.78 is 15.9. The Morgan fingerprint density at radius 2 is 1.59 bits per heavy atom. The summed E-state index contributed by atoms with van der Waals surface area (Å²) in [5, 5.41) is 0. The summed E-state index contributed by atoms with van der Waals surface area (Å²) >= 11 is 0. The number of rotatable bonds is 5. The summed E-state index contributed by atoms with van der Waals surface area (Å²) in [6.45, 7) is 0. The molecular formula is C16H24N2O4. The zero-order valence-corrected chi connectivity index (χ0v) is 13.6. The average Bonchev–Trinajstić information content (AvgIpc) is 2.99. The minimum Gasteiger partial charge on any atom is -0.493 e. The number of hydrogen-bond acceptors (Lipinski definition) is 5. The number of nitrogens with zero attached hydrogens (tertiary/aromatic N) is 1. The molecule has 1 aromatic rings. The normalized spacial score (nSPS) is 16.2. The van der Waals surface area contributed by atoms with Gasteiger partial charge < -0.3 is 24.8 Å². The maximum Gasteiger partial charge on any atom is 0.246 e. The number of hydrogen-bond donors (Lipinski definition) is 1. The molecule has 1 aliphatic rings. The maximum atomic E-state index is 12.7. The number of likely N-dealkylation sites (N-methyl/N-ethyl adjacent to an activating group) is 1. The van der Waals surface area contributed by atoms with E-state index in [1.807, 2.05) is 0 Å². The molecule has 0 saturated heterocycles. The molecule has 6 heteroatoms. The van der Waals surface area contributed by atoms with Gasteiger partial charge in [-0.25, -0.2) is 0 Å². The molecule has 1 amide bonds. The third-order valence-corrected chi connectivity index (χ3v) is 4.26. The number of carbonyl (C=O) groups excluding carboxylic acids is 1. The molecule has 1 fully saturated rings. The van der Waals surface area contributed by atoms with Crippen molar-refractivity contribution in [2.75, 3.05) is 33.3 Å². The van der Waals surface area contributed by atoms with Crippen LogP contribution in [0.2, 0.25) is 0 Å². The maximum absolute atomic E-state index is 12.7. The molecule has 0 bridgehead atoms. The third kappa shape index (κ3) is 2.83. The molecule has 1 aliphatic carbocycles. The van der Waals surface area contributed by atoms with Crippen LogP contribution in [-0.4, -0.2) is 39.8 Å². The zero-order valence-electron chi connectivity index (χ0n) is 13.6. The summed E-state index contributed by atoms with van der Waals surface area (Å²) in [7, 11) is 6.35. The Hall–Kier alpha value is -1.95. The van der Waals surface area contributed by atoms with Gasteiger partial charge in [-0.3, -0.25) is 4.79 Å². The SMILES string of the molecule is COc1cc(N(C)C(=O)C2(N)CCCC2)cc(OC)c1OC. The van der Waals surface area contributed by atoms with Gasteiger partial charge >= 0.3 is 0 Å². The first-order valence-corrected chi connectivity index (χ1v) is 7.34. The molecule has 2 rings (SSSR count). The summed E-state index contributed by atoms with van der Waals surface area (Å²) in [5.74, 6) is 1.43. The highest BCUT2D eigenvalue weighted by Gasteiger charge is 2.39. The van der Waals surface area contributed by atoms with Gasteiger partial charge in [-0.05, 0) is 12.8 Å². The van der Waals surface area contributed by atoms with E-state index in [9.17, 15) is 4.79 Å². The molecule has 0 radical (unpaired) electrons. The zero-order chi connectivity index (χ0) is 16.3. The molecule has 0 aromatic heterocycles. The van der Waals surface area contributed by atoms with Crippen LogP contribution in [0.3, 0.4) is 0 Å². The van der Waals surface area contributed by atoms with E-state index in [2.05, 4.69) is 0 Å². The fraction of sp³-hybridized carbons (Fsp3) is 0.562. The Kier molecular flexibility index (Phi) is 4.81. The molecule has 22 heavy (non-hydrogen) atoms. The van der Waals surface area contributed by atoms with E-state index < -0.39 is 5.54 Å². The second-order valence-corrected chi connectivity index (χ2v) is 5.61. The standard InChI is InChI=1S/C16H24N2O4/c1-18(15(19)16(17)7-5-6-8-16)11-9-12(20-2)14(22-4)13(10-11)21-3/h9-10H,5-8,17H2,1-4H3. The molecule has 2 N–H and O–H groups in total. The first kappa shape index (κ1) is 16.4. The predicted octanol–water partition coefficient (Wildman–Crippen LogP) is 1.95. The van der Waals surface area contributed by atoms with E-state index in [1.165, 1.54) is 0 Å². The minimum atomic E-state index is -0.769. The lowest BCUT2D eigenvalue weighted by Gasteiger charge is -2.29. The lowest BCUT2D eigenvalue weighted by molar-refractivity contribution is -0.123. The van der Waals surface area contributed by atoms with E-state index in [1.54, 1.807) is 45.4 Å². The summed E-state index contributed by atoms with van der Waals surface area (Å²) in [6, 6.07) is 3.50. The van der Waals surface area contributed by atoms with Crippen molar-refractivity contribution in [1.82, 2.24) is 0 Å². The molecule has 0 atom stereocenters. The lowest BCUT2D eigenvalue weighted by atomic mass is 9.97. The number of carbonyl (C=O) groups is 1. The first-order chi connectivity index (χ1) is 10.5. The van der Waals surface area contributed by atoms with Gasteiger partial charge in [0, 0.05) is 19.2 Å². The van der Waals surface area contributed by atoms with Crippen LogP contribution in [0.4, 0.5) is 5.69 Å². The number of benzene rings is 1. The van der Waals surface area contributed by atoms with Crippen molar-refractivity contribution in [1.29, 1.82) is 0 Å². The van der Waals surface area contributed by atoms with Crippen molar-refractivity contribution < 1.29 is 19.0 Å². The fourth-order valence-corrected chi connectivity index (χ4v) is 2.93. The smallest absolute Gasteiger partial charge is 0.246 e. The number of amides is 1. The van der Waals surface area contributed by atoms with Gasteiger partial charge in [0.25, 0.3) is 0 Å². The fourth-order valence-electron chi connectivity index (χ4n) is 2.93. The highest BCUT2D eigenvalue weighted by Crippen LogP contribution is 2.41. The van der Waals surface area contributed by atoms with E-state index in [-0.39, 0.29) is 5.91 Å². The van der Waals surface area contributed by atoms with Crippen molar-refractivity contribution in [3.05, 3.63) is 12.1 Å². The number of methoxy groups -OCH3 is 3. The van der Waals surface area contributed by atoms with E-state index in [0.29, 0.717) is 22.9 Å². The summed E-state index contributed by atoms with van der Waals surface area (Å²) in [4.78, 5) is 14.3. The van der Waals surface area contributed by atoms with Gasteiger partial charge in [-0.2, -0.15) is 0 Å². The van der Waals surface area contributed by atoms with Gasteiger partial charge in [-0.15, -0.1) is 0 Å². The second-order valence-electron chi connectivity index (χ2n) is 5.61. The van der Waals surface area contributed by atoms with Crippen LogP contribution >= 0.6 is 0 Å². The molecule has 0 unspecified atom stereocenters. The van der Waals surface area contributed by atoms with Crippen molar-refractivity contribution in [3.8, 4) is 17.2 Å². The molecule has 0 aliphatic heterocycles. The van der Waals surface area contributed by atoms with Crippen LogP contribution in [0, 0.1) is 0 Å². The van der Waals surface area contributed by atoms with Crippen molar-refractivity contribution >= 4 is 11.6 Å². The van der Waals surface area contributed by atoms with Crippen LogP contribution in [0.15, 0.2) is 12.1 Å². The molecule has 0 spiro atoms. The number of nitrogens with two attached hydrogens (primary N) is 1. The molecule has 1 aromatic carbocycles. The quantitative estimate of drug-likeness (QED) is 0.900. The summed E-state index contributed by atoms with van der Waals surface area (Å²) in [5.41, 5.74) is 6.15. The Morgan fingerprint density at radius 1 is 1.09 bits per heavy atom. The van der Waals surface area contributed by atoms with E-state index in [0.717, 1.165) is 25.7 Å². The topological polar surface area (TPSA) is 74.0 Å². The lowest BCUT2D eigenvalue weighted by Crippen LogP contribution is -2.52. The number of anilines is 1. The van der Waals surface area contributed by atoms with Gasteiger partial charge in [0.05, 0.1) is 32.6 Å². The average molecular weight is 308 g/mol. The molecule has 122 valence electrons. The monoisotopic (exact) mass is 308 g/mol. The Labute approximate surface area is 131 Å². The van der Waals surface area contributed by atoms with Crippen LogP contribution in [-0.2, 0) is 4.79 Å². The highest BCUT2D eigenvalue weighted by molar-refractivity contribution is 6.00. The summed E-state index contributed by atoms with van der Waals surface area (Å²) in [6.07, 6.45) is 3.43. The first-order valence-electron chi connectivity index (χ1n) is 7.34. The van der Waals surface area contributed by atoms with Crippen molar-refractivity contribution in [3.63, 3.8) is 0 Å². The van der Waals surface area contributed by atoms with Crippen LogP contribution in [0.25, 0.3) is 0 Å². The molecule has 1 saturated carbocycles. The second kappa shape index (κ2) is 6.44. The van der Waals surface area contributed by atoms with Gasteiger partial charge in [0.1, 0.15) is 0 Å². The van der Waals surface area contributed by atoms with E-state index in [4.69, 9.17) is 19.9 Å². The van der Waals surface area contributed by atoms with Crippen molar-refractivity contribution in [2.24, 2.45) is 5.73 Å². The number of ether oxygens (including phenoxy) is 3. The predicted molar refractivity (Wildman–Crippen MR) is 84.9 cm³/mol. The van der Waals surface area contributed by atoms with Crippen LogP contribution in [0.5, 0.6) is 17.2 Å². The largest absolute Gasteiger partial charge is 0.493 e. The Bertz CT molecular complexity index is 528. The van der Waals surface area contributed by atoms with Gasteiger partial charge in [0.2, 0.25) is 11.7 Å². The third-order valence-electron chi connectivity index (χ3n) is 4.26. The minimum absolute atomic E-state index is 0.0840. The molecule has 0 heterocycles. The van der Waals surface area contributed by atoms with Gasteiger partial charge in [0.15, 0.2) is 11.5 Å². The molecular weight excluding hydrogens is 284 g/mol. The highest BCUT2D eigenvalue weighted by atomic mass is 16.5. The molecule has 6 nitrogen and oxygen atoms in total. The Balaban J connectivity index is 2.37. The van der Waals surface area contributed by atoms with Crippen LogP contribution in [0.1, 0.15) is 25.7 Å². The van der Waals surface area contributed by atoms with E-state index >= 15 is 0 Å². The van der Waals surface area contributed by atoms with Gasteiger partial charge in [-0.1, -0.05) is 12.8 Å². The van der Waals surface area contributed by atoms with Crippen molar-refractivity contribution in [2.45, 2.75) is 31.2 Å². The Morgan fingerprint density at radius 3 is 2.00 bits per heavy atom.